The number of hydrogen-bond acceptors (Lipinski definition) is 5. The van der Waals surface area contributed by atoms with Crippen molar-refractivity contribution < 1.29 is 9.59 Å². The minimum absolute atomic E-state index is 0.184. The Bertz CT molecular complexity index is 901. The number of aromatic nitrogens is 3. The summed E-state index contributed by atoms with van der Waals surface area (Å²) in [5.41, 5.74) is 2.02. The zero-order chi connectivity index (χ0) is 18.9. The average molecular weight is 361 g/mol. The molecule has 7 nitrogen and oxygen atoms in total. The summed E-state index contributed by atoms with van der Waals surface area (Å²) in [5.74, 6) is -0.686. The Labute approximate surface area is 156 Å². The number of amides is 2. The van der Waals surface area contributed by atoms with Crippen molar-refractivity contribution >= 4 is 11.8 Å². The fraction of sp³-hybridized carbons (Fsp3) is 0.150. The van der Waals surface area contributed by atoms with E-state index >= 15 is 0 Å². The highest BCUT2D eigenvalue weighted by Crippen LogP contribution is 2.02. The van der Waals surface area contributed by atoms with Gasteiger partial charge in [0.1, 0.15) is 11.4 Å². The van der Waals surface area contributed by atoms with Crippen molar-refractivity contribution in [2.75, 3.05) is 6.54 Å². The van der Waals surface area contributed by atoms with Crippen LogP contribution in [0, 0.1) is 0 Å². The monoisotopic (exact) mass is 361 g/mol. The Balaban J connectivity index is 1.54. The standard InChI is InChI=1S/C20H19N5O2/c26-19(23-13-10-15-6-1-3-11-21-15)17-8-5-9-18(25-17)20(27)24-14-16-7-2-4-12-22-16/h1-9,11-12H,10,13-14H2,(H,23,26)(H,24,27). The second-order valence-electron chi connectivity index (χ2n) is 5.74. The van der Waals surface area contributed by atoms with Gasteiger partial charge in [-0.15, -0.1) is 0 Å². The van der Waals surface area contributed by atoms with Gasteiger partial charge in [-0.2, -0.15) is 0 Å². The largest absolute Gasteiger partial charge is 0.350 e. The predicted octanol–water partition coefficient (Wildman–Crippen LogP) is 1.77. The molecule has 3 aromatic heterocycles. The van der Waals surface area contributed by atoms with Crippen LogP contribution in [-0.2, 0) is 13.0 Å². The van der Waals surface area contributed by atoms with Crippen molar-refractivity contribution in [1.29, 1.82) is 0 Å². The molecule has 2 amide bonds. The first-order chi connectivity index (χ1) is 13.2. The first-order valence-electron chi connectivity index (χ1n) is 8.55. The molecule has 0 radical (unpaired) electrons. The van der Waals surface area contributed by atoms with Crippen LogP contribution in [0.1, 0.15) is 32.4 Å². The van der Waals surface area contributed by atoms with Crippen LogP contribution in [0.2, 0.25) is 0 Å². The van der Waals surface area contributed by atoms with Crippen LogP contribution in [0.5, 0.6) is 0 Å². The van der Waals surface area contributed by atoms with Crippen LogP contribution in [0.4, 0.5) is 0 Å². The van der Waals surface area contributed by atoms with Crippen LogP contribution in [0.15, 0.2) is 67.0 Å². The van der Waals surface area contributed by atoms with Crippen molar-refractivity contribution in [2.45, 2.75) is 13.0 Å². The Morgan fingerprint density at radius 1 is 0.741 bits per heavy atom. The van der Waals surface area contributed by atoms with Crippen molar-refractivity contribution in [3.05, 3.63) is 89.8 Å². The summed E-state index contributed by atoms with van der Waals surface area (Å²) in [5, 5.41) is 5.53. The SMILES string of the molecule is O=C(NCCc1ccccn1)c1cccc(C(=O)NCc2ccccn2)n1. The molecule has 7 heteroatoms. The molecule has 0 fully saturated rings. The smallest absolute Gasteiger partial charge is 0.270 e. The molecule has 0 aliphatic heterocycles. The highest BCUT2D eigenvalue weighted by atomic mass is 16.2. The van der Waals surface area contributed by atoms with Crippen LogP contribution < -0.4 is 10.6 Å². The molecule has 0 saturated carbocycles. The highest BCUT2D eigenvalue weighted by Gasteiger charge is 2.12. The van der Waals surface area contributed by atoms with E-state index in [1.807, 2.05) is 36.4 Å². The Morgan fingerprint density at radius 2 is 1.37 bits per heavy atom. The van der Waals surface area contributed by atoms with E-state index < -0.39 is 0 Å². The van der Waals surface area contributed by atoms with Crippen molar-refractivity contribution in [1.82, 2.24) is 25.6 Å². The van der Waals surface area contributed by atoms with Gasteiger partial charge in [0.2, 0.25) is 0 Å². The molecule has 2 N–H and O–H groups in total. The summed E-state index contributed by atoms with van der Waals surface area (Å²) in [6.45, 7) is 0.732. The van der Waals surface area contributed by atoms with Gasteiger partial charge in [0, 0.05) is 31.1 Å². The molecule has 0 atom stereocenters. The molecule has 0 saturated heterocycles. The molecule has 0 unspecified atom stereocenters. The normalized spacial score (nSPS) is 10.2. The second-order valence-corrected chi connectivity index (χ2v) is 5.74. The maximum Gasteiger partial charge on any atom is 0.270 e. The number of pyridine rings is 3. The van der Waals surface area contributed by atoms with Gasteiger partial charge in [0.25, 0.3) is 11.8 Å². The van der Waals surface area contributed by atoms with E-state index in [2.05, 4.69) is 25.6 Å². The molecule has 0 aromatic carbocycles. The molecule has 136 valence electrons. The van der Waals surface area contributed by atoms with E-state index in [9.17, 15) is 9.59 Å². The second kappa shape index (κ2) is 9.19. The molecule has 0 spiro atoms. The third-order valence-corrected chi connectivity index (χ3v) is 3.76. The number of rotatable bonds is 7. The van der Waals surface area contributed by atoms with Gasteiger partial charge in [-0.05, 0) is 36.4 Å². The van der Waals surface area contributed by atoms with E-state index in [0.717, 1.165) is 11.4 Å². The van der Waals surface area contributed by atoms with Crippen LogP contribution in [-0.4, -0.2) is 33.3 Å². The van der Waals surface area contributed by atoms with Crippen LogP contribution >= 0.6 is 0 Å². The van der Waals surface area contributed by atoms with E-state index in [1.165, 1.54) is 0 Å². The molecular weight excluding hydrogens is 342 g/mol. The first-order valence-corrected chi connectivity index (χ1v) is 8.55. The van der Waals surface area contributed by atoms with E-state index in [-0.39, 0.29) is 23.2 Å². The molecule has 27 heavy (non-hydrogen) atoms. The maximum absolute atomic E-state index is 12.3. The maximum atomic E-state index is 12.3. The molecule has 3 aromatic rings. The summed E-state index contributed by atoms with van der Waals surface area (Å²) in [4.78, 5) is 37.0. The number of carbonyl (C=O) groups excluding carboxylic acids is 2. The van der Waals surface area contributed by atoms with Gasteiger partial charge in [-0.25, -0.2) is 4.98 Å². The van der Waals surface area contributed by atoms with Gasteiger partial charge >= 0.3 is 0 Å². The number of carbonyl (C=O) groups is 2. The zero-order valence-electron chi connectivity index (χ0n) is 14.6. The lowest BCUT2D eigenvalue weighted by Gasteiger charge is -2.07. The van der Waals surface area contributed by atoms with Gasteiger partial charge in [0.15, 0.2) is 0 Å². The van der Waals surface area contributed by atoms with Gasteiger partial charge in [-0.3, -0.25) is 19.6 Å². The van der Waals surface area contributed by atoms with Crippen LogP contribution in [0.25, 0.3) is 0 Å². The van der Waals surface area contributed by atoms with Crippen molar-refractivity contribution in [3.8, 4) is 0 Å². The lowest BCUT2D eigenvalue weighted by atomic mass is 10.2. The van der Waals surface area contributed by atoms with E-state index in [1.54, 1.807) is 30.6 Å². The molecule has 3 heterocycles. The summed E-state index contributed by atoms with van der Waals surface area (Å²) >= 11 is 0. The Morgan fingerprint density at radius 3 is 2.00 bits per heavy atom. The zero-order valence-corrected chi connectivity index (χ0v) is 14.6. The fourth-order valence-corrected chi connectivity index (χ4v) is 2.39. The number of nitrogens with zero attached hydrogens (tertiary/aromatic N) is 3. The lowest BCUT2D eigenvalue weighted by molar-refractivity contribution is 0.0942. The summed E-state index contributed by atoms with van der Waals surface area (Å²) in [6.07, 6.45) is 4.00. The third-order valence-electron chi connectivity index (χ3n) is 3.76. The van der Waals surface area contributed by atoms with E-state index in [0.29, 0.717) is 19.5 Å². The van der Waals surface area contributed by atoms with Crippen molar-refractivity contribution in [2.24, 2.45) is 0 Å². The Kier molecular flexibility index (Phi) is 6.19. The lowest BCUT2D eigenvalue weighted by Crippen LogP contribution is -2.28. The quantitative estimate of drug-likeness (QED) is 0.669. The number of nitrogens with one attached hydrogen (secondary N) is 2. The minimum atomic E-state index is -0.358. The van der Waals surface area contributed by atoms with Gasteiger partial charge in [-0.1, -0.05) is 18.2 Å². The fourth-order valence-electron chi connectivity index (χ4n) is 2.39. The first kappa shape index (κ1) is 18.2. The summed E-state index contributed by atoms with van der Waals surface area (Å²) in [7, 11) is 0. The summed E-state index contributed by atoms with van der Waals surface area (Å²) in [6, 6.07) is 15.9. The minimum Gasteiger partial charge on any atom is -0.350 e. The van der Waals surface area contributed by atoms with Crippen molar-refractivity contribution in [3.63, 3.8) is 0 Å². The third kappa shape index (κ3) is 5.43. The van der Waals surface area contributed by atoms with Gasteiger partial charge in [0.05, 0.1) is 12.2 Å². The predicted molar refractivity (Wildman–Crippen MR) is 99.9 cm³/mol. The molecule has 0 aliphatic rings. The molecule has 0 aliphatic carbocycles. The molecule has 0 bridgehead atoms. The van der Waals surface area contributed by atoms with Gasteiger partial charge < -0.3 is 10.6 Å². The number of hydrogen-bond donors (Lipinski definition) is 2. The summed E-state index contributed by atoms with van der Waals surface area (Å²) < 4.78 is 0. The Hall–Kier alpha value is -3.61. The molecule has 3 rings (SSSR count). The van der Waals surface area contributed by atoms with Crippen LogP contribution in [0.3, 0.4) is 0 Å². The van der Waals surface area contributed by atoms with E-state index in [4.69, 9.17) is 0 Å². The average Bonchev–Trinajstić information content (AvgIpc) is 2.73. The highest BCUT2D eigenvalue weighted by molar-refractivity contribution is 5.96. The molecular formula is C20H19N5O2. The topological polar surface area (TPSA) is 96.9 Å².